The van der Waals surface area contributed by atoms with Gasteiger partial charge in [0, 0.05) is 17.4 Å². The van der Waals surface area contributed by atoms with Gasteiger partial charge in [-0.05, 0) is 30.3 Å². The summed E-state index contributed by atoms with van der Waals surface area (Å²) in [6.45, 7) is 0.667. The molecule has 0 spiro atoms. The second-order valence-corrected chi connectivity index (χ2v) is 5.32. The third-order valence-corrected chi connectivity index (χ3v) is 3.61. The van der Waals surface area contributed by atoms with Gasteiger partial charge in [0.2, 0.25) is 5.91 Å². The van der Waals surface area contributed by atoms with E-state index < -0.39 is 0 Å². The number of carbonyl (C=O) groups is 1. The molecule has 0 saturated carbocycles. The molecule has 3 nitrogen and oxygen atoms in total. The number of halogens is 1. The highest BCUT2D eigenvalue weighted by Gasteiger charge is 2.23. The highest BCUT2D eigenvalue weighted by atomic mass is 79.9. The van der Waals surface area contributed by atoms with Gasteiger partial charge in [0.1, 0.15) is 0 Å². The van der Waals surface area contributed by atoms with Gasteiger partial charge in [-0.2, -0.15) is 0 Å². The Balaban J connectivity index is 2.14. The molecule has 0 atom stereocenters. The summed E-state index contributed by atoms with van der Waals surface area (Å²) in [5, 5.41) is 3.30. The summed E-state index contributed by atoms with van der Waals surface area (Å²) >= 11 is 3.45. The molecule has 0 bridgehead atoms. The van der Waals surface area contributed by atoms with Gasteiger partial charge in [-0.25, -0.2) is 0 Å². The third kappa shape index (κ3) is 2.36. The first-order valence-electron chi connectivity index (χ1n) is 6.17. The average molecular weight is 317 g/mol. The standard InChI is InChI=1S/C15H13BrN2O/c16-11-4-3-5-12(10-11)18-14-7-2-1-6-13(14)17-9-8-15(18)19/h1-7,10,17H,8-9H2. The van der Waals surface area contributed by atoms with Crippen LogP contribution in [0.4, 0.5) is 17.1 Å². The monoisotopic (exact) mass is 316 g/mol. The molecule has 1 aliphatic rings. The highest BCUT2D eigenvalue weighted by Crippen LogP contribution is 2.35. The fourth-order valence-electron chi connectivity index (χ4n) is 2.27. The van der Waals surface area contributed by atoms with Crippen molar-refractivity contribution in [2.24, 2.45) is 0 Å². The molecule has 1 aliphatic heterocycles. The van der Waals surface area contributed by atoms with E-state index in [1.807, 2.05) is 48.5 Å². The highest BCUT2D eigenvalue weighted by molar-refractivity contribution is 9.10. The predicted molar refractivity (Wildman–Crippen MR) is 80.8 cm³/mol. The van der Waals surface area contributed by atoms with Gasteiger partial charge in [-0.1, -0.05) is 34.1 Å². The maximum atomic E-state index is 12.4. The Labute approximate surface area is 120 Å². The van der Waals surface area contributed by atoms with E-state index in [4.69, 9.17) is 0 Å². The first-order valence-corrected chi connectivity index (χ1v) is 6.96. The van der Waals surface area contributed by atoms with Gasteiger partial charge in [-0.15, -0.1) is 0 Å². The summed E-state index contributed by atoms with van der Waals surface area (Å²) in [5.41, 5.74) is 2.78. The Hall–Kier alpha value is -1.81. The number of amides is 1. The molecule has 1 N–H and O–H groups in total. The Kier molecular flexibility index (Phi) is 3.25. The fraction of sp³-hybridized carbons (Fsp3) is 0.133. The summed E-state index contributed by atoms with van der Waals surface area (Å²) in [5.74, 6) is 0.107. The van der Waals surface area contributed by atoms with Crippen molar-refractivity contribution in [1.82, 2.24) is 0 Å². The van der Waals surface area contributed by atoms with Gasteiger partial charge in [0.25, 0.3) is 0 Å². The van der Waals surface area contributed by atoms with Crippen molar-refractivity contribution >= 4 is 38.9 Å². The molecule has 19 heavy (non-hydrogen) atoms. The van der Waals surface area contributed by atoms with Gasteiger partial charge in [0.05, 0.1) is 17.1 Å². The van der Waals surface area contributed by atoms with E-state index in [9.17, 15) is 4.79 Å². The molecule has 0 radical (unpaired) electrons. The van der Waals surface area contributed by atoms with E-state index in [-0.39, 0.29) is 5.91 Å². The molecule has 4 heteroatoms. The van der Waals surface area contributed by atoms with Crippen LogP contribution in [0.3, 0.4) is 0 Å². The number of nitrogens with zero attached hydrogens (tertiary/aromatic N) is 1. The minimum absolute atomic E-state index is 0.107. The lowest BCUT2D eigenvalue weighted by Gasteiger charge is -2.22. The van der Waals surface area contributed by atoms with Crippen LogP contribution >= 0.6 is 15.9 Å². The quantitative estimate of drug-likeness (QED) is 0.864. The lowest BCUT2D eigenvalue weighted by Crippen LogP contribution is -2.25. The van der Waals surface area contributed by atoms with Gasteiger partial charge in [-0.3, -0.25) is 9.69 Å². The topological polar surface area (TPSA) is 32.3 Å². The Morgan fingerprint density at radius 3 is 2.79 bits per heavy atom. The van der Waals surface area contributed by atoms with Crippen molar-refractivity contribution in [3.63, 3.8) is 0 Å². The summed E-state index contributed by atoms with van der Waals surface area (Å²) < 4.78 is 0.965. The van der Waals surface area contributed by atoms with Crippen LogP contribution in [0.25, 0.3) is 0 Å². The zero-order chi connectivity index (χ0) is 13.2. The number of benzene rings is 2. The molecule has 96 valence electrons. The summed E-state index contributed by atoms with van der Waals surface area (Å²) in [6, 6.07) is 15.7. The molecule has 0 aromatic heterocycles. The molecule has 1 heterocycles. The van der Waals surface area contributed by atoms with Crippen LogP contribution in [0, 0.1) is 0 Å². The van der Waals surface area contributed by atoms with Gasteiger partial charge in [0.15, 0.2) is 0 Å². The molecule has 2 aromatic carbocycles. The van der Waals surface area contributed by atoms with Gasteiger partial charge < -0.3 is 5.32 Å². The Morgan fingerprint density at radius 1 is 1.11 bits per heavy atom. The van der Waals surface area contributed by atoms with Crippen LogP contribution in [-0.2, 0) is 4.79 Å². The van der Waals surface area contributed by atoms with Crippen molar-refractivity contribution in [2.45, 2.75) is 6.42 Å². The van der Waals surface area contributed by atoms with Crippen molar-refractivity contribution in [3.05, 3.63) is 53.0 Å². The molecule has 3 rings (SSSR count). The molecule has 1 amide bonds. The van der Waals surface area contributed by atoms with Crippen molar-refractivity contribution in [1.29, 1.82) is 0 Å². The fourth-order valence-corrected chi connectivity index (χ4v) is 2.65. The molecular formula is C15H13BrN2O. The number of carbonyl (C=O) groups excluding carboxylic acids is 1. The number of hydrogen-bond donors (Lipinski definition) is 1. The molecule has 0 fully saturated rings. The first kappa shape index (κ1) is 12.2. The second kappa shape index (κ2) is 5.05. The van der Waals surface area contributed by atoms with E-state index in [1.165, 1.54) is 0 Å². The molecule has 0 unspecified atom stereocenters. The minimum Gasteiger partial charge on any atom is -0.383 e. The summed E-state index contributed by atoms with van der Waals surface area (Å²) in [4.78, 5) is 14.1. The molecule has 2 aromatic rings. The number of fused-ring (bicyclic) bond motifs is 1. The van der Waals surface area contributed by atoms with Crippen LogP contribution in [0.2, 0.25) is 0 Å². The predicted octanol–water partition coefficient (Wildman–Crippen LogP) is 3.93. The maximum absolute atomic E-state index is 12.4. The van der Waals surface area contributed by atoms with Crippen LogP contribution in [-0.4, -0.2) is 12.5 Å². The molecule has 0 saturated heterocycles. The smallest absolute Gasteiger partial charge is 0.233 e. The van der Waals surface area contributed by atoms with Crippen molar-refractivity contribution < 1.29 is 4.79 Å². The normalized spacial score (nSPS) is 14.6. The van der Waals surface area contributed by atoms with Crippen molar-refractivity contribution in [3.8, 4) is 0 Å². The maximum Gasteiger partial charge on any atom is 0.233 e. The van der Waals surface area contributed by atoms with E-state index in [2.05, 4.69) is 21.2 Å². The van der Waals surface area contributed by atoms with E-state index in [0.717, 1.165) is 21.5 Å². The number of nitrogens with one attached hydrogen (secondary N) is 1. The average Bonchev–Trinajstić information content (AvgIpc) is 2.57. The van der Waals surface area contributed by atoms with Crippen LogP contribution in [0.5, 0.6) is 0 Å². The van der Waals surface area contributed by atoms with Crippen LogP contribution in [0.1, 0.15) is 6.42 Å². The lowest BCUT2D eigenvalue weighted by atomic mass is 10.2. The van der Waals surface area contributed by atoms with Crippen LogP contribution < -0.4 is 10.2 Å². The zero-order valence-electron chi connectivity index (χ0n) is 10.3. The largest absolute Gasteiger partial charge is 0.383 e. The lowest BCUT2D eigenvalue weighted by molar-refractivity contribution is -0.117. The Bertz CT molecular complexity index is 627. The van der Waals surface area contributed by atoms with Crippen LogP contribution in [0.15, 0.2) is 53.0 Å². The minimum atomic E-state index is 0.107. The second-order valence-electron chi connectivity index (χ2n) is 4.40. The number of rotatable bonds is 1. The zero-order valence-corrected chi connectivity index (χ0v) is 11.9. The SMILES string of the molecule is O=C1CCNc2ccccc2N1c1cccc(Br)c1. The summed E-state index contributed by atoms with van der Waals surface area (Å²) in [7, 11) is 0. The third-order valence-electron chi connectivity index (χ3n) is 3.12. The van der Waals surface area contributed by atoms with E-state index >= 15 is 0 Å². The number of anilines is 3. The van der Waals surface area contributed by atoms with Crippen molar-refractivity contribution in [2.75, 3.05) is 16.8 Å². The Morgan fingerprint density at radius 2 is 1.95 bits per heavy atom. The van der Waals surface area contributed by atoms with Gasteiger partial charge >= 0.3 is 0 Å². The molecular weight excluding hydrogens is 304 g/mol. The number of hydrogen-bond acceptors (Lipinski definition) is 2. The van der Waals surface area contributed by atoms with E-state index in [1.54, 1.807) is 4.90 Å². The first-order chi connectivity index (χ1) is 9.25. The molecule has 0 aliphatic carbocycles. The van der Waals surface area contributed by atoms with E-state index in [0.29, 0.717) is 13.0 Å². The number of para-hydroxylation sites is 2. The summed E-state index contributed by atoms with van der Waals surface area (Å²) in [6.07, 6.45) is 0.487.